The van der Waals surface area contributed by atoms with E-state index in [2.05, 4.69) is 21.2 Å². The van der Waals surface area contributed by atoms with Crippen molar-refractivity contribution < 1.29 is 9.21 Å². The summed E-state index contributed by atoms with van der Waals surface area (Å²) in [5.74, 6) is 0.0339. The maximum atomic E-state index is 12.3. The molecule has 0 radical (unpaired) electrons. The van der Waals surface area contributed by atoms with Crippen molar-refractivity contribution in [1.82, 2.24) is 0 Å². The quantitative estimate of drug-likeness (QED) is 0.748. The molecule has 0 bridgehead atoms. The highest BCUT2D eigenvalue weighted by Crippen LogP contribution is 2.24. The van der Waals surface area contributed by atoms with Crippen LogP contribution in [-0.2, 0) is 0 Å². The monoisotopic (exact) mass is 358 g/mol. The van der Waals surface area contributed by atoms with Gasteiger partial charge < -0.3 is 14.6 Å². The molecule has 22 heavy (non-hydrogen) atoms. The number of hydrogen-bond acceptors (Lipinski definition) is 3. The van der Waals surface area contributed by atoms with E-state index in [0.717, 1.165) is 21.2 Å². The molecule has 0 saturated carbocycles. The molecule has 4 nitrogen and oxygen atoms in total. The normalized spacial score (nSPS) is 10.7. The van der Waals surface area contributed by atoms with Crippen molar-refractivity contribution in [2.45, 2.75) is 0 Å². The number of carbonyl (C=O) groups is 1. The summed E-state index contributed by atoms with van der Waals surface area (Å²) in [4.78, 5) is 14.3. The van der Waals surface area contributed by atoms with Crippen LogP contribution in [0.4, 0.5) is 11.4 Å². The van der Waals surface area contributed by atoms with Gasteiger partial charge >= 0.3 is 0 Å². The summed E-state index contributed by atoms with van der Waals surface area (Å²) in [7, 11) is 3.91. The van der Waals surface area contributed by atoms with E-state index in [0.29, 0.717) is 11.3 Å². The van der Waals surface area contributed by atoms with Crippen LogP contribution in [-0.4, -0.2) is 20.0 Å². The van der Waals surface area contributed by atoms with Gasteiger partial charge in [-0.15, -0.1) is 0 Å². The molecule has 3 aromatic rings. The summed E-state index contributed by atoms with van der Waals surface area (Å²) < 4.78 is 6.52. The molecule has 0 unspecified atom stereocenters. The van der Waals surface area contributed by atoms with Crippen LogP contribution in [0.25, 0.3) is 11.0 Å². The van der Waals surface area contributed by atoms with Crippen LogP contribution in [0.3, 0.4) is 0 Å². The predicted molar refractivity (Wildman–Crippen MR) is 92.6 cm³/mol. The molecule has 1 N–H and O–H groups in total. The van der Waals surface area contributed by atoms with Gasteiger partial charge in [-0.2, -0.15) is 0 Å². The minimum absolute atomic E-state index is 0.261. The maximum absolute atomic E-state index is 12.3. The van der Waals surface area contributed by atoms with Gasteiger partial charge in [0.25, 0.3) is 5.91 Å². The number of benzene rings is 2. The maximum Gasteiger partial charge on any atom is 0.291 e. The predicted octanol–water partition coefficient (Wildman–Crippen LogP) is 4.51. The van der Waals surface area contributed by atoms with Gasteiger partial charge in [0.05, 0.1) is 0 Å². The first kappa shape index (κ1) is 14.7. The molecule has 0 atom stereocenters. The Morgan fingerprint density at radius 2 is 1.95 bits per heavy atom. The van der Waals surface area contributed by atoms with Gasteiger partial charge in [-0.3, -0.25) is 4.79 Å². The van der Waals surface area contributed by atoms with Gasteiger partial charge in [0.2, 0.25) is 0 Å². The van der Waals surface area contributed by atoms with Crippen LogP contribution in [0, 0.1) is 0 Å². The second-order valence-electron chi connectivity index (χ2n) is 5.19. The van der Waals surface area contributed by atoms with E-state index in [4.69, 9.17) is 4.42 Å². The fourth-order valence-electron chi connectivity index (χ4n) is 2.17. The molecule has 1 amide bonds. The van der Waals surface area contributed by atoms with E-state index < -0.39 is 0 Å². The molecule has 2 aromatic carbocycles. The SMILES string of the molecule is CN(C)c1cccc(NC(=O)c2cc3ccc(Br)cc3o2)c1. The highest BCUT2D eigenvalue weighted by atomic mass is 79.9. The first-order chi connectivity index (χ1) is 10.5. The summed E-state index contributed by atoms with van der Waals surface area (Å²) in [6.07, 6.45) is 0. The number of nitrogens with zero attached hydrogens (tertiary/aromatic N) is 1. The van der Waals surface area contributed by atoms with Crippen molar-refractivity contribution in [1.29, 1.82) is 0 Å². The van der Waals surface area contributed by atoms with Crippen LogP contribution >= 0.6 is 15.9 Å². The molecule has 0 aliphatic carbocycles. The molecule has 112 valence electrons. The number of fused-ring (bicyclic) bond motifs is 1. The highest BCUT2D eigenvalue weighted by molar-refractivity contribution is 9.10. The molecular formula is C17H15BrN2O2. The summed E-state index contributed by atoms with van der Waals surface area (Å²) in [6, 6.07) is 15.1. The highest BCUT2D eigenvalue weighted by Gasteiger charge is 2.13. The molecule has 1 heterocycles. The Hall–Kier alpha value is -2.27. The largest absolute Gasteiger partial charge is 0.451 e. The van der Waals surface area contributed by atoms with E-state index >= 15 is 0 Å². The average Bonchev–Trinajstić information content (AvgIpc) is 2.90. The molecular weight excluding hydrogens is 344 g/mol. The molecule has 0 fully saturated rings. The molecule has 1 aromatic heterocycles. The van der Waals surface area contributed by atoms with Crippen LogP contribution in [0.2, 0.25) is 0 Å². The summed E-state index contributed by atoms with van der Waals surface area (Å²) >= 11 is 3.39. The molecule has 3 rings (SSSR count). The zero-order valence-corrected chi connectivity index (χ0v) is 13.8. The number of carbonyl (C=O) groups excluding carboxylic acids is 1. The zero-order chi connectivity index (χ0) is 15.7. The summed E-state index contributed by atoms with van der Waals surface area (Å²) in [5, 5.41) is 3.76. The average molecular weight is 359 g/mol. The number of nitrogens with one attached hydrogen (secondary N) is 1. The smallest absolute Gasteiger partial charge is 0.291 e. The van der Waals surface area contributed by atoms with Crippen molar-refractivity contribution in [2.24, 2.45) is 0 Å². The Balaban J connectivity index is 1.85. The lowest BCUT2D eigenvalue weighted by molar-refractivity contribution is 0.0998. The molecule has 0 aliphatic heterocycles. The standard InChI is InChI=1S/C17H15BrN2O2/c1-20(2)14-5-3-4-13(10-14)19-17(21)16-8-11-6-7-12(18)9-15(11)22-16/h3-10H,1-2H3,(H,19,21). The van der Waals surface area contributed by atoms with Crippen molar-refractivity contribution in [3.63, 3.8) is 0 Å². The number of hydrogen-bond donors (Lipinski definition) is 1. The first-order valence-electron chi connectivity index (χ1n) is 6.81. The van der Waals surface area contributed by atoms with Crippen molar-refractivity contribution in [3.8, 4) is 0 Å². The molecule has 5 heteroatoms. The molecule has 0 spiro atoms. The number of rotatable bonds is 3. The number of anilines is 2. The minimum atomic E-state index is -0.261. The van der Waals surface area contributed by atoms with Crippen molar-refractivity contribution >= 4 is 44.2 Å². The van der Waals surface area contributed by atoms with Crippen LogP contribution < -0.4 is 10.2 Å². The van der Waals surface area contributed by atoms with Gasteiger partial charge in [-0.25, -0.2) is 0 Å². The summed E-state index contributed by atoms with van der Waals surface area (Å²) in [5.41, 5.74) is 2.44. The third-order valence-corrected chi connectivity index (χ3v) is 3.82. The zero-order valence-electron chi connectivity index (χ0n) is 12.3. The van der Waals surface area contributed by atoms with E-state index in [1.165, 1.54) is 0 Å². The second kappa shape index (κ2) is 5.85. The van der Waals surface area contributed by atoms with E-state index in [1.54, 1.807) is 6.07 Å². The lowest BCUT2D eigenvalue weighted by Gasteiger charge is -2.13. The van der Waals surface area contributed by atoms with Gasteiger partial charge in [0.1, 0.15) is 5.58 Å². The van der Waals surface area contributed by atoms with E-state index in [1.807, 2.05) is 61.5 Å². The Bertz CT molecular complexity index is 840. The van der Waals surface area contributed by atoms with Gasteiger partial charge in [-0.1, -0.05) is 22.0 Å². The van der Waals surface area contributed by atoms with Crippen molar-refractivity contribution in [3.05, 3.63) is 58.8 Å². The topological polar surface area (TPSA) is 45.5 Å². The second-order valence-corrected chi connectivity index (χ2v) is 6.11. The van der Waals surface area contributed by atoms with Gasteiger partial charge in [-0.05, 0) is 42.5 Å². The van der Waals surface area contributed by atoms with Crippen LogP contribution in [0.5, 0.6) is 0 Å². The first-order valence-corrected chi connectivity index (χ1v) is 7.60. The molecule has 0 aliphatic rings. The minimum Gasteiger partial charge on any atom is -0.451 e. The number of furan rings is 1. The number of halogens is 1. The van der Waals surface area contributed by atoms with Gasteiger partial charge in [0.15, 0.2) is 5.76 Å². The Morgan fingerprint density at radius 3 is 2.73 bits per heavy atom. The Kier molecular flexibility index (Phi) is 3.90. The fraction of sp³-hybridized carbons (Fsp3) is 0.118. The Labute approximate surface area is 136 Å². The number of amides is 1. The van der Waals surface area contributed by atoms with Gasteiger partial charge in [0, 0.05) is 35.3 Å². The Morgan fingerprint density at radius 1 is 1.14 bits per heavy atom. The van der Waals surface area contributed by atoms with Crippen LogP contribution in [0.1, 0.15) is 10.6 Å². The van der Waals surface area contributed by atoms with Crippen molar-refractivity contribution in [2.75, 3.05) is 24.3 Å². The van der Waals surface area contributed by atoms with E-state index in [9.17, 15) is 4.79 Å². The van der Waals surface area contributed by atoms with Crippen LogP contribution in [0.15, 0.2) is 57.4 Å². The third-order valence-electron chi connectivity index (χ3n) is 3.33. The molecule has 0 saturated heterocycles. The fourth-order valence-corrected chi connectivity index (χ4v) is 2.51. The lowest BCUT2D eigenvalue weighted by Crippen LogP contribution is -2.12. The lowest BCUT2D eigenvalue weighted by atomic mass is 10.2. The summed E-state index contributed by atoms with van der Waals surface area (Å²) in [6.45, 7) is 0. The third kappa shape index (κ3) is 2.99. The van der Waals surface area contributed by atoms with E-state index in [-0.39, 0.29) is 5.91 Å².